The summed E-state index contributed by atoms with van der Waals surface area (Å²) in [5, 5.41) is 3.33. The van der Waals surface area contributed by atoms with Gasteiger partial charge in [-0.3, -0.25) is 0 Å². The van der Waals surface area contributed by atoms with Crippen LogP contribution < -0.4 is 5.32 Å². The molecule has 0 spiro atoms. The highest BCUT2D eigenvalue weighted by atomic mass is 32.2. The molecular weight excluding hydrogens is 214 g/mol. The van der Waals surface area contributed by atoms with Crippen molar-refractivity contribution in [1.29, 1.82) is 0 Å². The Bertz CT molecular complexity index is 452. The Labute approximate surface area is 88.9 Å². The first-order valence-corrected chi connectivity index (χ1v) is 6.69. The lowest BCUT2D eigenvalue weighted by atomic mass is 10.1. The molecule has 5 nitrogen and oxygen atoms in total. The predicted octanol–water partition coefficient (Wildman–Crippen LogP) is -0.0430. The number of rotatable bonds is 2. The third-order valence-corrected chi connectivity index (χ3v) is 3.50. The summed E-state index contributed by atoms with van der Waals surface area (Å²) in [5.41, 5.74) is 0.815. The van der Waals surface area contributed by atoms with Gasteiger partial charge < -0.3 is 5.32 Å². The molecule has 1 aromatic rings. The average molecular weight is 227 g/mol. The SMILES string of the molecule is CS(=O)(=O)c1cc(C2CCNC2)ncn1. The third-order valence-electron chi connectivity index (χ3n) is 2.52. The fraction of sp³-hybridized carbons (Fsp3) is 0.556. The van der Waals surface area contributed by atoms with Crippen LogP contribution in [-0.2, 0) is 9.84 Å². The van der Waals surface area contributed by atoms with Crippen LogP contribution >= 0.6 is 0 Å². The minimum absolute atomic E-state index is 0.111. The quantitative estimate of drug-likeness (QED) is 0.718. The van der Waals surface area contributed by atoms with Crippen molar-refractivity contribution in [1.82, 2.24) is 15.3 Å². The zero-order chi connectivity index (χ0) is 10.9. The molecule has 1 saturated heterocycles. The molecule has 1 aromatic heterocycles. The van der Waals surface area contributed by atoms with Crippen molar-refractivity contribution in [3.05, 3.63) is 18.1 Å². The van der Waals surface area contributed by atoms with E-state index in [4.69, 9.17) is 0 Å². The van der Waals surface area contributed by atoms with E-state index in [2.05, 4.69) is 15.3 Å². The maximum atomic E-state index is 11.3. The highest BCUT2D eigenvalue weighted by Crippen LogP contribution is 2.21. The minimum Gasteiger partial charge on any atom is -0.316 e. The van der Waals surface area contributed by atoms with Crippen LogP contribution in [0.5, 0.6) is 0 Å². The zero-order valence-electron chi connectivity index (χ0n) is 8.47. The summed E-state index contributed by atoms with van der Waals surface area (Å²) in [4.78, 5) is 7.88. The number of hydrogen-bond donors (Lipinski definition) is 1. The van der Waals surface area contributed by atoms with Crippen LogP contribution in [-0.4, -0.2) is 37.7 Å². The van der Waals surface area contributed by atoms with E-state index < -0.39 is 9.84 Å². The molecule has 6 heteroatoms. The van der Waals surface area contributed by atoms with Crippen LogP contribution in [0.25, 0.3) is 0 Å². The Morgan fingerprint density at radius 3 is 2.87 bits per heavy atom. The molecule has 0 radical (unpaired) electrons. The van der Waals surface area contributed by atoms with Gasteiger partial charge in [0, 0.05) is 24.4 Å². The molecule has 0 aliphatic carbocycles. The van der Waals surface area contributed by atoms with Crippen molar-refractivity contribution in [3.8, 4) is 0 Å². The minimum atomic E-state index is -3.23. The summed E-state index contributed by atoms with van der Waals surface area (Å²) in [5.74, 6) is 0.313. The smallest absolute Gasteiger partial charge is 0.192 e. The summed E-state index contributed by atoms with van der Waals surface area (Å²) in [6, 6.07) is 1.58. The number of nitrogens with zero attached hydrogens (tertiary/aromatic N) is 2. The van der Waals surface area contributed by atoms with Crippen LogP contribution in [0.2, 0.25) is 0 Å². The first kappa shape index (κ1) is 10.5. The van der Waals surface area contributed by atoms with E-state index in [9.17, 15) is 8.42 Å². The van der Waals surface area contributed by atoms with E-state index in [1.165, 1.54) is 6.33 Å². The Hall–Kier alpha value is -1.01. The summed E-state index contributed by atoms with van der Waals surface area (Å²) in [6.07, 6.45) is 3.48. The molecule has 0 amide bonds. The number of hydrogen-bond acceptors (Lipinski definition) is 5. The van der Waals surface area contributed by atoms with Gasteiger partial charge in [-0.1, -0.05) is 0 Å². The fourth-order valence-corrected chi connectivity index (χ4v) is 2.26. The van der Waals surface area contributed by atoms with Gasteiger partial charge in [0.2, 0.25) is 0 Å². The average Bonchev–Trinajstić information content (AvgIpc) is 2.69. The molecule has 1 aliphatic rings. The molecule has 0 bridgehead atoms. The lowest BCUT2D eigenvalue weighted by Gasteiger charge is -2.07. The number of nitrogens with one attached hydrogen (secondary N) is 1. The summed E-state index contributed by atoms with van der Waals surface area (Å²) >= 11 is 0. The molecule has 0 aromatic carbocycles. The van der Waals surface area contributed by atoms with Gasteiger partial charge in [0.15, 0.2) is 14.9 Å². The monoisotopic (exact) mass is 227 g/mol. The van der Waals surface area contributed by atoms with Gasteiger partial charge in [-0.05, 0) is 19.0 Å². The topological polar surface area (TPSA) is 72.0 Å². The molecule has 2 rings (SSSR count). The van der Waals surface area contributed by atoms with Crippen molar-refractivity contribution in [2.24, 2.45) is 0 Å². The first-order valence-electron chi connectivity index (χ1n) is 4.80. The van der Waals surface area contributed by atoms with E-state index >= 15 is 0 Å². The molecule has 1 unspecified atom stereocenters. The highest BCUT2D eigenvalue weighted by molar-refractivity contribution is 7.90. The van der Waals surface area contributed by atoms with Crippen molar-refractivity contribution < 1.29 is 8.42 Å². The first-order chi connectivity index (χ1) is 7.07. The predicted molar refractivity (Wildman–Crippen MR) is 55.4 cm³/mol. The number of aromatic nitrogens is 2. The summed E-state index contributed by atoms with van der Waals surface area (Å²) < 4.78 is 22.6. The van der Waals surface area contributed by atoms with Crippen LogP contribution in [0.15, 0.2) is 17.4 Å². The number of sulfone groups is 1. The van der Waals surface area contributed by atoms with Gasteiger partial charge in [-0.15, -0.1) is 0 Å². The van der Waals surface area contributed by atoms with E-state index in [1.807, 2.05) is 0 Å². The molecular formula is C9H13N3O2S. The lowest BCUT2D eigenvalue weighted by molar-refractivity contribution is 0.596. The molecule has 82 valence electrons. The Morgan fingerprint density at radius 1 is 1.47 bits per heavy atom. The van der Waals surface area contributed by atoms with E-state index in [0.717, 1.165) is 31.5 Å². The van der Waals surface area contributed by atoms with Crippen LogP contribution in [0, 0.1) is 0 Å². The normalized spacial score (nSPS) is 21.8. The third kappa shape index (κ3) is 2.32. The molecule has 1 aliphatic heterocycles. The maximum Gasteiger partial charge on any atom is 0.192 e. The van der Waals surface area contributed by atoms with E-state index in [-0.39, 0.29) is 5.03 Å². The second-order valence-corrected chi connectivity index (χ2v) is 5.71. The Morgan fingerprint density at radius 2 is 2.27 bits per heavy atom. The Kier molecular flexibility index (Phi) is 2.70. The summed E-state index contributed by atoms with van der Waals surface area (Å²) in [7, 11) is -3.23. The second-order valence-electron chi connectivity index (χ2n) is 3.74. The Balaban J connectivity index is 2.34. The van der Waals surface area contributed by atoms with Crippen LogP contribution in [0.4, 0.5) is 0 Å². The molecule has 1 N–H and O–H groups in total. The summed E-state index contributed by atoms with van der Waals surface area (Å²) in [6.45, 7) is 1.82. The van der Waals surface area contributed by atoms with Crippen molar-refractivity contribution in [2.45, 2.75) is 17.4 Å². The van der Waals surface area contributed by atoms with E-state index in [0.29, 0.717) is 5.92 Å². The maximum absolute atomic E-state index is 11.3. The standard InChI is InChI=1S/C9H13N3O2S/c1-15(13,14)9-4-8(11-6-12-9)7-2-3-10-5-7/h4,6-7,10H,2-3,5H2,1H3. The molecule has 1 fully saturated rings. The van der Waals surface area contributed by atoms with Crippen molar-refractivity contribution in [3.63, 3.8) is 0 Å². The van der Waals surface area contributed by atoms with Gasteiger partial charge in [0.25, 0.3) is 0 Å². The molecule has 0 saturated carbocycles. The second kappa shape index (κ2) is 3.86. The zero-order valence-corrected chi connectivity index (χ0v) is 9.29. The van der Waals surface area contributed by atoms with Gasteiger partial charge in [-0.2, -0.15) is 0 Å². The van der Waals surface area contributed by atoms with Crippen LogP contribution in [0.1, 0.15) is 18.0 Å². The van der Waals surface area contributed by atoms with Crippen molar-refractivity contribution in [2.75, 3.05) is 19.3 Å². The van der Waals surface area contributed by atoms with Crippen LogP contribution in [0.3, 0.4) is 0 Å². The van der Waals surface area contributed by atoms with Gasteiger partial charge >= 0.3 is 0 Å². The molecule has 1 atom stereocenters. The van der Waals surface area contributed by atoms with Gasteiger partial charge in [0.05, 0.1) is 0 Å². The van der Waals surface area contributed by atoms with Gasteiger partial charge in [-0.25, -0.2) is 18.4 Å². The van der Waals surface area contributed by atoms with Crippen molar-refractivity contribution >= 4 is 9.84 Å². The van der Waals surface area contributed by atoms with E-state index in [1.54, 1.807) is 6.07 Å². The lowest BCUT2D eigenvalue weighted by Crippen LogP contribution is -2.10. The van der Waals surface area contributed by atoms with Gasteiger partial charge in [0.1, 0.15) is 6.33 Å². The molecule has 15 heavy (non-hydrogen) atoms. The fourth-order valence-electron chi connectivity index (χ4n) is 1.69. The largest absolute Gasteiger partial charge is 0.316 e. The molecule has 2 heterocycles. The highest BCUT2D eigenvalue weighted by Gasteiger charge is 2.20.